The summed E-state index contributed by atoms with van der Waals surface area (Å²) in [5.41, 5.74) is 9.47. The lowest BCUT2D eigenvalue weighted by molar-refractivity contribution is -0.156. The van der Waals surface area contributed by atoms with Crippen molar-refractivity contribution in [1.29, 1.82) is 0 Å². The number of carbonyl (C=O) groups excluding carboxylic acids is 4. The summed E-state index contributed by atoms with van der Waals surface area (Å²) in [7, 11) is 5.55. The number of thiazole rings is 1. The fourth-order valence-electron chi connectivity index (χ4n) is 10.7. The number of esters is 1. The van der Waals surface area contributed by atoms with E-state index in [0.717, 1.165) is 70.6 Å². The van der Waals surface area contributed by atoms with Crippen molar-refractivity contribution in [3.05, 3.63) is 58.2 Å². The first-order chi connectivity index (χ1) is 30.6. The fraction of sp³-hybridized carbons (Fsp3) is 0.592. The summed E-state index contributed by atoms with van der Waals surface area (Å²) < 4.78 is 14.3. The first-order valence-corrected chi connectivity index (χ1v) is 24.0. The number of piperidine rings is 1. The molecular weight excluding hydrogens is 829 g/mol. The number of hydrazine groups is 1. The Morgan fingerprint density at radius 1 is 1.14 bits per heavy atom. The van der Waals surface area contributed by atoms with Gasteiger partial charge in [-0.3, -0.25) is 29.2 Å². The van der Waals surface area contributed by atoms with E-state index in [2.05, 4.69) is 72.3 Å². The Labute approximate surface area is 381 Å². The van der Waals surface area contributed by atoms with Crippen molar-refractivity contribution in [3.8, 4) is 22.5 Å². The number of aromatic nitrogens is 3. The summed E-state index contributed by atoms with van der Waals surface area (Å²) in [6.45, 7) is 15.4. The standard InChI is InChI=1S/C49H66N8O6S/c1-10-56-40-16-15-30-21-34(40)36(44(56)33-13-11-18-50-42(33)29(4)62-9)24-49(5,6)27-63-48(61)37-14-12-19-57(53-37)47(60)38(23-41-51-39(30)26-64-41)52-45(58)43(28(2)3)55(8)46(59)35-22-31-25-54(7)20-17-32(31)35/h11,13,15-16,18,21,26,28-29,31-32,35,37-38,43,53H,10,12,14,17,19-20,22-25,27H2,1-9H3,(H,52,58)/t29-,31+,32-,35?,37-,38-,43-/m0/s1. The Balaban J connectivity index is 1.16. The Kier molecular flexibility index (Phi) is 13.4. The highest BCUT2D eigenvalue weighted by molar-refractivity contribution is 7.10. The summed E-state index contributed by atoms with van der Waals surface area (Å²) >= 11 is 1.44. The molecule has 3 aliphatic heterocycles. The van der Waals surface area contributed by atoms with Gasteiger partial charge in [0.05, 0.1) is 34.8 Å². The highest BCUT2D eigenvalue weighted by atomic mass is 32.1. The van der Waals surface area contributed by atoms with Gasteiger partial charge in [-0.05, 0) is 107 Å². The monoisotopic (exact) mass is 894 g/mol. The number of amides is 3. The third-order valence-electron chi connectivity index (χ3n) is 14.2. The summed E-state index contributed by atoms with van der Waals surface area (Å²) in [4.78, 5) is 71.0. The molecule has 1 aromatic carbocycles. The van der Waals surface area contributed by atoms with E-state index in [-0.39, 0.29) is 48.7 Å². The largest absolute Gasteiger partial charge is 0.464 e. The molecule has 3 aromatic heterocycles. The maximum absolute atomic E-state index is 14.6. The number of likely N-dealkylation sites (tertiary alicyclic amines) is 1. The number of hydrogen-bond acceptors (Lipinski definition) is 11. The number of aryl methyl sites for hydroxylation is 1. The number of benzene rings is 1. The Morgan fingerprint density at radius 2 is 1.94 bits per heavy atom. The zero-order valence-corrected chi connectivity index (χ0v) is 39.8. The molecule has 2 saturated heterocycles. The molecule has 2 N–H and O–H groups in total. The number of pyridine rings is 1. The molecule has 344 valence electrons. The van der Waals surface area contributed by atoms with Crippen molar-refractivity contribution >= 4 is 45.9 Å². The molecule has 0 spiro atoms. The van der Waals surface area contributed by atoms with Crippen LogP contribution in [0.15, 0.2) is 41.9 Å². The highest BCUT2D eigenvalue weighted by Gasteiger charge is 2.49. The van der Waals surface area contributed by atoms with E-state index in [4.69, 9.17) is 19.4 Å². The maximum atomic E-state index is 14.6. The summed E-state index contributed by atoms with van der Waals surface area (Å²) in [5.74, 6) is -0.659. The zero-order valence-electron chi connectivity index (χ0n) is 39.0. The fourth-order valence-corrected chi connectivity index (χ4v) is 11.6. The van der Waals surface area contributed by atoms with E-state index in [1.807, 2.05) is 32.2 Å². The lowest BCUT2D eigenvalue weighted by atomic mass is 9.61. The average molecular weight is 895 g/mol. The predicted molar refractivity (Wildman–Crippen MR) is 248 cm³/mol. The van der Waals surface area contributed by atoms with Gasteiger partial charge in [0.1, 0.15) is 18.1 Å². The van der Waals surface area contributed by atoms with Crippen LogP contribution in [0.2, 0.25) is 0 Å². The van der Waals surface area contributed by atoms with Crippen molar-refractivity contribution in [3.63, 3.8) is 0 Å². The summed E-state index contributed by atoms with van der Waals surface area (Å²) in [5, 5.41) is 8.32. The van der Waals surface area contributed by atoms with E-state index in [1.54, 1.807) is 25.3 Å². The van der Waals surface area contributed by atoms with Gasteiger partial charge in [-0.2, -0.15) is 0 Å². The average Bonchev–Trinajstić information content (AvgIpc) is 3.86. The van der Waals surface area contributed by atoms with Gasteiger partial charge in [0, 0.05) is 85.2 Å². The number of cyclic esters (lactones) is 1. The molecule has 1 unspecified atom stereocenters. The van der Waals surface area contributed by atoms with Crippen molar-refractivity contribution in [2.45, 2.75) is 111 Å². The Hall–Kier alpha value is -4.70. The predicted octanol–water partition coefficient (Wildman–Crippen LogP) is 6.27. The molecule has 1 saturated carbocycles. The highest BCUT2D eigenvalue weighted by Crippen LogP contribution is 2.47. The minimum Gasteiger partial charge on any atom is -0.464 e. The van der Waals surface area contributed by atoms with E-state index in [1.165, 1.54) is 16.3 Å². The number of methoxy groups -OCH3 is 1. The molecule has 14 nitrogen and oxygen atoms in total. The smallest absolute Gasteiger partial charge is 0.324 e. The van der Waals surface area contributed by atoms with Crippen LogP contribution in [0.4, 0.5) is 0 Å². The van der Waals surface area contributed by atoms with Crippen LogP contribution in [0.25, 0.3) is 33.4 Å². The number of fused-ring (bicyclic) bond motifs is 7. The first-order valence-electron chi connectivity index (χ1n) is 23.2. The van der Waals surface area contributed by atoms with Crippen LogP contribution < -0.4 is 10.7 Å². The van der Waals surface area contributed by atoms with Crippen LogP contribution in [0.3, 0.4) is 0 Å². The summed E-state index contributed by atoms with van der Waals surface area (Å²) in [6.07, 6.45) is 5.17. The van der Waals surface area contributed by atoms with Gasteiger partial charge in [0.25, 0.3) is 5.91 Å². The number of rotatable bonds is 9. The quantitative estimate of drug-likeness (QED) is 0.184. The van der Waals surface area contributed by atoms with Crippen LogP contribution in [0.1, 0.15) is 89.6 Å². The number of carbonyl (C=O) groups is 4. The van der Waals surface area contributed by atoms with Crippen molar-refractivity contribution < 1.29 is 28.7 Å². The topological polar surface area (TPSA) is 151 Å². The Bertz CT molecular complexity index is 2390. The molecule has 1 aliphatic carbocycles. The zero-order chi connectivity index (χ0) is 45.6. The normalized spacial score (nSPS) is 24.9. The molecule has 8 rings (SSSR count). The second-order valence-corrected chi connectivity index (χ2v) is 20.7. The second-order valence-electron chi connectivity index (χ2n) is 19.7. The maximum Gasteiger partial charge on any atom is 0.324 e. The molecule has 15 heteroatoms. The molecule has 0 radical (unpaired) electrons. The van der Waals surface area contributed by atoms with Gasteiger partial charge in [-0.1, -0.05) is 33.8 Å². The van der Waals surface area contributed by atoms with Crippen LogP contribution in [-0.4, -0.2) is 119 Å². The molecule has 4 aliphatic rings. The van der Waals surface area contributed by atoms with Crippen molar-refractivity contribution in [2.24, 2.45) is 29.1 Å². The first kappa shape index (κ1) is 45.9. The van der Waals surface area contributed by atoms with E-state index in [0.29, 0.717) is 49.2 Å². The van der Waals surface area contributed by atoms with E-state index < -0.39 is 29.5 Å². The molecule has 4 aromatic rings. The number of likely N-dealkylation sites (N-methyl/N-ethyl adjacent to an activating group) is 1. The van der Waals surface area contributed by atoms with Gasteiger partial charge < -0.3 is 29.2 Å². The van der Waals surface area contributed by atoms with Crippen LogP contribution >= 0.6 is 11.3 Å². The molecule has 6 heterocycles. The third-order valence-corrected chi connectivity index (χ3v) is 15.1. The van der Waals surface area contributed by atoms with Crippen LogP contribution in [0.5, 0.6) is 0 Å². The molecule has 7 atom stereocenters. The SMILES string of the molecule is CCn1c(-c2cccnc2[C@H](C)OC)c2c3cc(ccc31)-c1csc(n1)C[C@H](NC(=O)[C@H](C(C)C)N(C)C(=O)C1C[C@@H]3CN(C)CC[C@H]13)C(=O)N1CCC[C@H](N1)C(=O)OCC(C)(C)C2. The van der Waals surface area contributed by atoms with E-state index in [9.17, 15) is 19.2 Å². The minimum absolute atomic E-state index is 0.00517. The molecule has 3 amide bonds. The van der Waals surface area contributed by atoms with Crippen molar-refractivity contribution in [1.82, 2.24) is 40.1 Å². The van der Waals surface area contributed by atoms with Crippen LogP contribution in [0, 0.1) is 29.1 Å². The lowest BCUT2D eigenvalue weighted by Crippen LogP contribution is -2.62. The molecule has 64 heavy (non-hydrogen) atoms. The minimum atomic E-state index is -1.02. The van der Waals surface area contributed by atoms with E-state index >= 15 is 0 Å². The Morgan fingerprint density at radius 3 is 2.67 bits per heavy atom. The second kappa shape index (κ2) is 18.7. The van der Waals surface area contributed by atoms with Crippen LogP contribution in [-0.2, 0) is 48.0 Å². The van der Waals surface area contributed by atoms with Gasteiger partial charge in [0.15, 0.2) is 0 Å². The van der Waals surface area contributed by atoms with Gasteiger partial charge in [-0.15, -0.1) is 11.3 Å². The third kappa shape index (κ3) is 8.97. The number of hydrogen-bond donors (Lipinski definition) is 2. The molecule has 6 bridgehead atoms. The van der Waals surface area contributed by atoms with Crippen molar-refractivity contribution in [2.75, 3.05) is 47.4 Å². The number of nitrogens with one attached hydrogen (secondary N) is 2. The van der Waals surface area contributed by atoms with Gasteiger partial charge in [-0.25, -0.2) is 10.4 Å². The number of nitrogens with zero attached hydrogens (tertiary/aromatic N) is 6. The lowest BCUT2D eigenvalue weighted by Gasteiger charge is -2.51. The van der Waals surface area contributed by atoms with Gasteiger partial charge >= 0.3 is 5.97 Å². The molecular formula is C49H66N8O6S. The summed E-state index contributed by atoms with van der Waals surface area (Å²) in [6, 6.07) is 7.95. The van der Waals surface area contributed by atoms with Gasteiger partial charge in [0.2, 0.25) is 11.8 Å². The number of ether oxygens (including phenoxy) is 2. The molecule has 3 fully saturated rings.